The first-order valence-corrected chi connectivity index (χ1v) is 12.8. The average Bonchev–Trinajstić information content (AvgIpc) is 3.10. The number of aromatic nitrogens is 1. The summed E-state index contributed by atoms with van der Waals surface area (Å²) in [5, 5.41) is 0.466. The van der Waals surface area contributed by atoms with Gasteiger partial charge in [-0.25, -0.2) is 8.42 Å². The zero-order valence-electron chi connectivity index (χ0n) is 17.5. The zero-order chi connectivity index (χ0) is 22.9. The Morgan fingerprint density at radius 1 is 1.28 bits per heavy atom. The lowest BCUT2D eigenvalue weighted by atomic mass is 9.99. The Kier molecular flexibility index (Phi) is 6.54. The number of carbonyl (C=O) groups excluding carboxylic acids is 1. The molecule has 0 saturated carbocycles. The number of benzene rings is 2. The molecular formula is C23H22ClN3O3S2. The Hall–Kier alpha value is -2.44. The number of rotatable bonds is 4. The van der Waals surface area contributed by atoms with E-state index in [1.54, 1.807) is 12.1 Å². The Labute approximate surface area is 196 Å². The van der Waals surface area contributed by atoms with Crippen molar-refractivity contribution >= 4 is 49.1 Å². The second kappa shape index (κ2) is 9.20. The van der Waals surface area contributed by atoms with Crippen LogP contribution in [0.25, 0.3) is 10.2 Å². The molecule has 6 nitrogen and oxygen atoms in total. The number of thiazole rings is 1. The molecule has 1 aromatic heterocycles. The second-order valence-corrected chi connectivity index (χ2v) is 11.1. The number of carbonyl (C=O) groups is 1. The predicted molar refractivity (Wildman–Crippen MR) is 127 cm³/mol. The average molecular weight is 488 g/mol. The smallest absolute Gasteiger partial charge is 0.252 e. The van der Waals surface area contributed by atoms with Crippen molar-refractivity contribution in [3.8, 4) is 12.3 Å². The van der Waals surface area contributed by atoms with Crippen LogP contribution in [0.2, 0.25) is 5.02 Å². The van der Waals surface area contributed by atoms with Crippen LogP contribution in [0.15, 0.2) is 52.4 Å². The van der Waals surface area contributed by atoms with Gasteiger partial charge in [0.25, 0.3) is 5.91 Å². The minimum atomic E-state index is -3.71. The molecule has 0 spiro atoms. The first-order valence-electron chi connectivity index (χ1n) is 10.2. The number of aryl methyl sites for hydroxylation is 1. The summed E-state index contributed by atoms with van der Waals surface area (Å²) in [6.45, 7) is 2.78. The van der Waals surface area contributed by atoms with Gasteiger partial charge in [0.1, 0.15) is 0 Å². The molecule has 166 valence electrons. The van der Waals surface area contributed by atoms with Gasteiger partial charge < -0.3 is 4.57 Å². The van der Waals surface area contributed by atoms with Crippen molar-refractivity contribution in [2.75, 3.05) is 13.1 Å². The van der Waals surface area contributed by atoms with Crippen LogP contribution in [0.4, 0.5) is 0 Å². The van der Waals surface area contributed by atoms with Gasteiger partial charge in [-0.2, -0.15) is 9.30 Å². The molecule has 0 N–H and O–H groups in total. The highest BCUT2D eigenvalue weighted by Crippen LogP contribution is 2.26. The van der Waals surface area contributed by atoms with Crippen molar-refractivity contribution in [3.63, 3.8) is 0 Å². The quantitative estimate of drug-likeness (QED) is 0.525. The van der Waals surface area contributed by atoms with E-state index < -0.39 is 15.9 Å². The number of hydrogen-bond donors (Lipinski definition) is 0. The van der Waals surface area contributed by atoms with Crippen LogP contribution in [0.3, 0.4) is 0 Å². The summed E-state index contributed by atoms with van der Waals surface area (Å²) in [5.74, 6) is 1.79. The molecule has 1 amide bonds. The highest BCUT2D eigenvalue weighted by atomic mass is 35.5. The van der Waals surface area contributed by atoms with Crippen LogP contribution in [0.1, 0.15) is 18.4 Å². The van der Waals surface area contributed by atoms with Gasteiger partial charge in [0.15, 0.2) is 4.80 Å². The second-order valence-electron chi connectivity index (χ2n) is 7.75. The van der Waals surface area contributed by atoms with Crippen molar-refractivity contribution in [1.29, 1.82) is 0 Å². The van der Waals surface area contributed by atoms with Crippen molar-refractivity contribution in [1.82, 2.24) is 8.87 Å². The molecule has 1 aliphatic heterocycles. The molecule has 32 heavy (non-hydrogen) atoms. The van der Waals surface area contributed by atoms with E-state index in [9.17, 15) is 13.2 Å². The van der Waals surface area contributed by atoms with Crippen LogP contribution in [-0.2, 0) is 21.4 Å². The summed E-state index contributed by atoms with van der Waals surface area (Å²) in [7, 11) is -3.71. The highest BCUT2D eigenvalue weighted by Gasteiger charge is 2.33. The maximum absolute atomic E-state index is 13.1. The molecule has 1 fully saturated rings. The lowest BCUT2D eigenvalue weighted by Gasteiger charge is -2.30. The summed E-state index contributed by atoms with van der Waals surface area (Å²) in [4.78, 5) is 18.1. The lowest BCUT2D eigenvalue weighted by Crippen LogP contribution is -2.42. The first kappa shape index (κ1) is 22.7. The molecule has 1 atom stereocenters. The minimum Gasteiger partial charge on any atom is -0.305 e. The van der Waals surface area contributed by atoms with E-state index in [0.29, 0.717) is 35.8 Å². The van der Waals surface area contributed by atoms with E-state index in [1.165, 1.54) is 27.8 Å². The molecule has 0 radical (unpaired) electrons. The summed E-state index contributed by atoms with van der Waals surface area (Å²) < 4.78 is 30.3. The molecule has 1 aliphatic rings. The van der Waals surface area contributed by atoms with Gasteiger partial charge in [-0.1, -0.05) is 34.9 Å². The van der Waals surface area contributed by atoms with E-state index in [2.05, 4.69) is 10.9 Å². The molecule has 3 aromatic rings. The lowest BCUT2D eigenvalue weighted by molar-refractivity contribution is -0.122. The summed E-state index contributed by atoms with van der Waals surface area (Å²) in [5.41, 5.74) is 2.04. The van der Waals surface area contributed by atoms with Gasteiger partial charge in [-0.3, -0.25) is 4.79 Å². The van der Waals surface area contributed by atoms with Crippen LogP contribution in [0.5, 0.6) is 0 Å². The van der Waals surface area contributed by atoms with Gasteiger partial charge in [-0.05, 0) is 61.7 Å². The number of halogens is 1. The number of fused-ring (bicyclic) bond motifs is 1. The first-order chi connectivity index (χ1) is 15.3. The SMILES string of the molecule is C#CCn1c(=NC(=O)C2CCCN(S(=O)(=O)c3ccc(Cl)cc3)C2)sc2cc(C)ccc21. The Balaban J connectivity index is 1.63. The van der Waals surface area contributed by atoms with Crippen LogP contribution >= 0.6 is 22.9 Å². The standard InChI is InChI=1S/C23H22ClN3O3S2/c1-3-12-27-20-11-6-16(2)14-21(20)31-23(27)25-22(28)17-5-4-13-26(15-17)32(29,30)19-9-7-18(24)8-10-19/h1,6-11,14,17H,4-5,12-13,15H2,2H3. The molecule has 1 saturated heterocycles. The fourth-order valence-corrected chi connectivity index (χ4v) is 6.60. The van der Waals surface area contributed by atoms with Gasteiger partial charge in [-0.15, -0.1) is 6.42 Å². The number of terminal acetylenes is 1. The van der Waals surface area contributed by atoms with Crippen LogP contribution in [0, 0.1) is 25.2 Å². The third kappa shape index (κ3) is 4.52. The summed E-state index contributed by atoms with van der Waals surface area (Å²) >= 11 is 7.29. The maximum Gasteiger partial charge on any atom is 0.252 e. The number of hydrogen-bond acceptors (Lipinski definition) is 4. The third-order valence-corrected chi connectivity index (χ3v) is 8.65. The van der Waals surface area contributed by atoms with E-state index in [0.717, 1.165) is 15.8 Å². The molecule has 0 bridgehead atoms. The molecule has 2 aromatic carbocycles. The molecule has 9 heteroatoms. The van der Waals surface area contributed by atoms with Gasteiger partial charge in [0.2, 0.25) is 10.0 Å². The Morgan fingerprint density at radius 3 is 2.75 bits per heavy atom. The van der Waals surface area contributed by atoms with Crippen molar-refractivity contribution in [2.24, 2.45) is 10.9 Å². The Morgan fingerprint density at radius 2 is 2.03 bits per heavy atom. The molecule has 0 aliphatic carbocycles. The van der Waals surface area contributed by atoms with E-state index in [1.807, 2.05) is 29.7 Å². The van der Waals surface area contributed by atoms with E-state index >= 15 is 0 Å². The molecule has 2 heterocycles. The number of nitrogens with zero attached hydrogens (tertiary/aromatic N) is 3. The van der Waals surface area contributed by atoms with Gasteiger partial charge in [0.05, 0.1) is 27.6 Å². The van der Waals surface area contributed by atoms with Gasteiger partial charge in [0, 0.05) is 18.1 Å². The monoisotopic (exact) mass is 487 g/mol. The summed E-state index contributed by atoms with van der Waals surface area (Å²) in [6, 6.07) is 12.1. The number of amides is 1. The maximum atomic E-state index is 13.1. The number of piperidine rings is 1. The third-order valence-electron chi connectivity index (χ3n) is 5.48. The Bertz CT molecular complexity index is 1380. The highest BCUT2D eigenvalue weighted by molar-refractivity contribution is 7.89. The minimum absolute atomic E-state index is 0.104. The zero-order valence-corrected chi connectivity index (χ0v) is 19.9. The van der Waals surface area contributed by atoms with Crippen molar-refractivity contribution in [2.45, 2.75) is 31.2 Å². The van der Waals surface area contributed by atoms with Crippen LogP contribution < -0.4 is 4.80 Å². The predicted octanol–water partition coefficient (Wildman–Crippen LogP) is 3.83. The fourth-order valence-electron chi connectivity index (χ4n) is 3.81. The number of sulfonamides is 1. The van der Waals surface area contributed by atoms with Gasteiger partial charge >= 0.3 is 0 Å². The largest absolute Gasteiger partial charge is 0.305 e. The van der Waals surface area contributed by atoms with Crippen molar-refractivity contribution < 1.29 is 13.2 Å². The topological polar surface area (TPSA) is 71.7 Å². The van der Waals surface area contributed by atoms with Crippen molar-refractivity contribution in [3.05, 3.63) is 57.9 Å². The molecular weight excluding hydrogens is 466 g/mol. The fraction of sp³-hybridized carbons (Fsp3) is 0.304. The molecule has 1 unspecified atom stereocenters. The van der Waals surface area contributed by atoms with Crippen LogP contribution in [-0.4, -0.2) is 36.3 Å². The summed E-state index contributed by atoms with van der Waals surface area (Å²) in [6.07, 6.45) is 6.72. The molecule has 4 rings (SSSR count). The van der Waals surface area contributed by atoms with E-state index in [4.69, 9.17) is 18.0 Å². The normalized spacial score (nSPS) is 18.0. The van der Waals surface area contributed by atoms with E-state index in [-0.39, 0.29) is 17.3 Å².